The lowest BCUT2D eigenvalue weighted by Gasteiger charge is -2.30. The zero-order valence-electron chi connectivity index (χ0n) is 16.1. The van der Waals surface area contributed by atoms with Crippen molar-refractivity contribution in [2.75, 3.05) is 0 Å². The quantitative estimate of drug-likeness (QED) is 0.738. The number of benzene rings is 2. The van der Waals surface area contributed by atoms with Gasteiger partial charge in [0.15, 0.2) is 0 Å². The summed E-state index contributed by atoms with van der Waals surface area (Å²) in [5.41, 5.74) is 3.14. The van der Waals surface area contributed by atoms with E-state index in [1.165, 1.54) is 0 Å². The van der Waals surface area contributed by atoms with E-state index in [0.717, 1.165) is 16.8 Å². The lowest BCUT2D eigenvalue weighted by molar-refractivity contribution is 0.418. The normalized spacial score (nSPS) is 17.9. The van der Waals surface area contributed by atoms with Crippen LogP contribution in [0.3, 0.4) is 0 Å². The summed E-state index contributed by atoms with van der Waals surface area (Å²) in [7, 11) is 0. The number of ether oxygens (including phenoxy) is 1. The second kappa shape index (κ2) is 7.76. The molecule has 0 saturated carbocycles. The Balaban J connectivity index is 1.83. The van der Waals surface area contributed by atoms with Gasteiger partial charge < -0.3 is 9.30 Å². The molecule has 0 radical (unpaired) electrons. The molecule has 0 spiro atoms. The molecule has 144 valence electrons. The third kappa shape index (κ3) is 3.57. The first-order valence-corrected chi connectivity index (χ1v) is 9.56. The second-order valence-corrected chi connectivity index (χ2v) is 7.31. The first kappa shape index (κ1) is 18.7. The number of aryl methyl sites for hydroxylation is 1. The molecule has 0 fully saturated rings. The van der Waals surface area contributed by atoms with Gasteiger partial charge in [0.25, 0.3) is 5.56 Å². The van der Waals surface area contributed by atoms with Crippen molar-refractivity contribution >= 4 is 5.90 Å². The molecular weight excluding hydrogens is 362 g/mol. The minimum Gasteiger partial charge on any atom is -0.442 e. The van der Waals surface area contributed by atoms with Gasteiger partial charge in [0.2, 0.25) is 5.90 Å². The van der Waals surface area contributed by atoms with E-state index < -0.39 is 11.8 Å². The van der Waals surface area contributed by atoms with Gasteiger partial charge in [-0.1, -0.05) is 60.7 Å². The number of nitrogens with zero attached hydrogens (tertiary/aromatic N) is 2. The average molecular weight is 383 g/mol. The van der Waals surface area contributed by atoms with Gasteiger partial charge in [-0.2, -0.15) is 5.26 Å². The van der Waals surface area contributed by atoms with Gasteiger partial charge >= 0.3 is 0 Å². The van der Waals surface area contributed by atoms with Crippen LogP contribution in [0.15, 0.2) is 71.5 Å². The molecule has 2 aromatic carbocycles. The van der Waals surface area contributed by atoms with Crippen LogP contribution >= 0.6 is 0 Å². The summed E-state index contributed by atoms with van der Waals surface area (Å²) in [5, 5.41) is 17.9. The van der Waals surface area contributed by atoms with Crippen LogP contribution in [0.5, 0.6) is 5.75 Å². The Kier molecular flexibility index (Phi) is 5.01. The Morgan fingerprint density at radius 2 is 1.69 bits per heavy atom. The summed E-state index contributed by atoms with van der Waals surface area (Å²) in [4.78, 5) is 13.5. The van der Waals surface area contributed by atoms with Crippen molar-refractivity contribution in [3.05, 3.63) is 99.5 Å². The first-order chi connectivity index (χ1) is 14.1. The number of fused-ring (bicyclic) bond motifs is 1. The average Bonchev–Trinajstić information content (AvgIpc) is 2.72. The molecule has 0 aliphatic carbocycles. The number of aromatic nitrogens is 1. The van der Waals surface area contributed by atoms with E-state index in [1.807, 2.05) is 67.6 Å². The fourth-order valence-electron chi connectivity index (χ4n) is 3.91. The maximum Gasteiger partial charge on any atom is 0.258 e. The van der Waals surface area contributed by atoms with Crippen LogP contribution in [-0.2, 0) is 13.0 Å². The summed E-state index contributed by atoms with van der Waals surface area (Å²) < 4.78 is 7.34. The van der Waals surface area contributed by atoms with Crippen LogP contribution in [0.1, 0.15) is 28.3 Å². The number of nitriles is 1. The molecule has 1 aliphatic rings. The predicted molar refractivity (Wildman–Crippen MR) is 111 cm³/mol. The van der Waals surface area contributed by atoms with E-state index in [0.29, 0.717) is 24.3 Å². The standard InChI is InChI=1S/C24H21N3O2/c1-16-12-21-22(24(28)27(16)15-18-10-6-3-7-11-18)19(20(14-25)23(26)29-21)13-17-8-4-2-5-9-17/h2-12,19-20,26H,13,15H2,1H3. The number of hydrogen-bond acceptors (Lipinski definition) is 4. The fraction of sp³-hybridized carbons (Fsp3) is 0.208. The van der Waals surface area contributed by atoms with Gasteiger partial charge in [0.05, 0.1) is 18.2 Å². The van der Waals surface area contributed by atoms with Crippen LogP contribution in [0.4, 0.5) is 0 Å². The van der Waals surface area contributed by atoms with Gasteiger partial charge in [-0.15, -0.1) is 0 Å². The van der Waals surface area contributed by atoms with Crippen LogP contribution in [0, 0.1) is 29.6 Å². The minimum absolute atomic E-state index is 0.0967. The molecule has 29 heavy (non-hydrogen) atoms. The van der Waals surface area contributed by atoms with Crippen molar-refractivity contribution in [3.63, 3.8) is 0 Å². The van der Waals surface area contributed by atoms with E-state index in [-0.39, 0.29) is 11.5 Å². The number of pyridine rings is 1. The molecule has 4 rings (SSSR count). The largest absolute Gasteiger partial charge is 0.442 e. The van der Waals surface area contributed by atoms with Crippen LogP contribution < -0.4 is 10.3 Å². The Hall–Kier alpha value is -3.65. The molecular formula is C24H21N3O2. The molecule has 5 nitrogen and oxygen atoms in total. The maximum absolute atomic E-state index is 13.5. The Bertz CT molecular complexity index is 1140. The Morgan fingerprint density at radius 3 is 2.31 bits per heavy atom. The van der Waals surface area contributed by atoms with E-state index in [2.05, 4.69) is 6.07 Å². The molecule has 2 unspecified atom stereocenters. The molecule has 0 bridgehead atoms. The summed E-state index contributed by atoms with van der Waals surface area (Å²) in [6.07, 6.45) is 0.501. The third-order valence-electron chi connectivity index (χ3n) is 5.40. The van der Waals surface area contributed by atoms with Crippen molar-refractivity contribution in [2.24, 2.45) is 5.92 Å². The summed E-state index contributed by atoms with van der Waals surface area (Å²) in [5.74, 6) is -0.910. The van der Waals surface area contributed by atoms with Crippen LogP contribution in [0.2, 0.25) is 0 Å². The van der Waals surface area contributed by atoms with Gasteiger partial charge in [0.1, 0.15) is 11.7 Å². The molecule has 5 heteroatoms. The van der Waals surface area contributed by atoms with Gasteiger partial charge in [0, 0.05) is 17.7 Å². The van der Waals surface area contributed by atoms with Crippen molar-refractivity contribution < 1.29 is 4.74 Å². The van der Waals surface area contributed by atoms with Crippen LogP contribution in [0.25, 0.3) is 0 Å². The zero-order valence-corrected chi connectivity index (χ0v) is 16.1. The minimum atomic E-state index is -0.789. The highest BCUT2D eigenvalue weighted by Crippen LogP contribution is 2.38. The van der Waals surface area contributed by atoms with E-state index >= 15 is 0 Å². The summed E-state index contributed by atoms with van der Waals surface area (Å²) in [6, 6.07) is 23.5. The molecule has 0 amide bonds. The monoisotopic (exact) mass is 383 g/mol. The second-order valence-electron chi connectivity index (χ2n) is 7.31. The van der Waals surface area contributed by atoms with Crippen molar-refractivity contribution in [1.29, 1.82) is 10.7 Å². The summed E-state index contributed by atoms with van der Waals surface area (Å²) >= 11 is 0. The predicted octanol–water partition coefficient (Wildman–Crippen LogP) is 4.04. The molecule has 2 heterocycles. The van der Waals surface area contributed by atoms with Crippen molar-refractivity contribution in [1.82, 2.24) is 4.57 Å². The molecule has 3 aromatic rings. The SMILES string of the molecule is Cc1cc2c(c(=O)n1Cc1ccccc1)C(Cc1ccccc1)C(C#N)C(=N)O2. The topological polar surface area (TPSA) is 78.9 Å². The highest BCUT2D eigenvalue weighted by atomic mass is 16.5. The van der Waals surface area contributed by atoms with E-state index in [4.69, 9.17) is 10.1 Å². The smallest absolute Gasteiger partial charge is 0.258 e. The molecule has 1 aromatic heterocycles. The van der Waals surface area contributed by atoms with Crippen molar-refractivity contribution in [3.8, 4) is 11.8 Å². The summed E-state index contributed by atoms with van der Waals surface area (Å²) in [6.45, 7) is 2.31. The third-order valence-corrected chi connectivity index (χ3v) is 5.40. The van der Waals surface area contributed by atoms with E-state index in [1.54, 1.807) is 10.6 Å². The van der Waals surface area contributed by atoms with Gasteiger partial charge in [-0.25, -0.2) is 0 Å². The lowest BCUT2D eigenvalue weighted by Crippen LogP contribution is -2.38. The number of hydrogen-bond donors (Lipinski definition) is 1. The lowest BCUT2D eigenvalue weighted by atomic mass is 9.80. The van der Waals surface area contributed by atoms with Crippen molar-refractivity contribution in [2.45, 2.75) is 25.8 Å². The Morgan fingerprint density at radius 1 is 1.07 bits per heavy atom. The molecule has 0 saturated heterocycles. The van der Waals surface area contributed by atoms with E-state index in [9.17, 15) is 10.1 Å². The van der Waals surface area contributed by atoms with Gasteiger partial charge in [-0.3, -0.25) is 10.2 Å². The number of nitrogens with one attached hydrogen (secondary N) is 1. The molecule has 1 aliphatic heterocycles. The van der Waals surface area contributed by atoms with Gasteiger partial charge in [-0.05, 0) is 24.5 Å². The number of rotatable bonds is 4. The highest BCUT2D eigenvalue weighted by Gasteiger charge is 2.38. The zero-order chi connectivity index (χ0) is 20.4. The first-order valence-electron chi connectivity index (χ1n) is 9.56. The molecule has 2 atom stereocenters. The molecule has 1 N–H and O–H groups in total. The fourth-order valence-corrected chi connectivity index (χ4v) is 3.91. The maximum atomic E-state index is 13.5. The Labute approximate surface area is 169 Å². The van der Waals surface area contributed by atoms with Crippen LogP contribution in [-0.4, -0.2) is 10.5 Å². The highest BCUT2D eigenvalue weighted by molar-refractivity contribution is 5.84.